The molecule has 0 radical (unpaired) electrons. The Hall–Kier alpha value is -0.630. The van der Waals surface area contributed by atoms with Gasteiger partial charge in [0.05, 0.1) is 0 Å². The van der Waals surface area contributed by atoms with E-state index in [0.29, 0.717) is 13.0 Å². The maximum absolute atomic E-state index is 11.7. The van der Waals surface area contributed by atoms with Gasteiger partial charge in [-0.15, -0.1) is 0 Å². The van der Waals surface area contributed by atoms with Gasteiger partial charge >= 0.3 is 0 Å². The Morgan fingerprint density at radius 2 is 1.82 bits per heavy atom. The van der Waals surface area contributed by atoms with Crippen molar-refractivity contribution in [3.63, 3.8) is 0 Å². The van der Waals surface area contributed by atoms with Crippen LogP contribution >= 0.6 is 0 Å². The second-order valence-corrected chi connectivity index (χ2v) is 6.97. The molecule has 4 aliphatic carbocycles. The summed E-state index contributed by atoms with van der Waals surface area (Å²) in [5.74, 6) is 1.72. The fraction of sp³-hybridized carbons (Fsp3) is 0.800. The van der Waals surface area contributed by atoms with Gasteiger partial charge in [-0.1, -0.05) is 6.58 Å². The Balaban J connectivity index is 1.87. The molecule has 4 bridgehead atoms. The van der Waals surface area contributed by atoms with Crippen molar-refractivity contribution >= 4 is 5.78 Å². The smallest absolute Gasteiger partial charge is 0.155 e. The molecule has 2 nitrogen and oxygen atoms in total. The van der Waals surface area contributed by atoms with Crippen molar-refractivity contribution in [1.82, 2.24) is 0 Å². The molecule has 1 N–H and O–H groups in total. The van der Waals surface area contributed by atoms with Gasteiger partial charge in [-0.3, -0.25) is 4.79 Å². The molecule has 0 aromatic heterocycles. The highest BCUT2D eigenvalue weighted by molar-refractivity contribution is 5.89. The first-order valence-electron chi connectivity index (χ1n) is 6.85. The van der Waals surface area contributed by atoms with Crippen molar-refractivity contribution in [2.75, 3.05) is 6.61 Å². The minimum absolute atomic E-state index is 0.158. The summed E-state index contributed by atoms with van der Waals surface area (Å²) in [5, 5.41) is 9.73. The van der Waals surface area contributed by atoms with Crippen LogP contribution in [0.15, 0.2) is 12.7 Å². The highest BCUT2D eigenvalue weighted by Gasteiger charge is 2.57. The van der Waals surface area contributed by atoms with Gasteiger partial charge in [0, 0.05) is 13.0 Å². The molecular formula is C15H22O2. The summed E-state index contributed by atoms with van der Waals surface area (Å²) < 4.78 is 0. The highest BCUT2D eigenvalue weighted by Crippen LogP contribution is 2.66. The van der Waals surface area contributed by atoms with Crippen LogP contribution in [0.4, 0.5) is 0 Å². The predicted molar refractivity (Wildman–Crippen MR) is 66.5 cm³/mol. The summed E-state index contributed by atoms with van der Waals surface area (Å²) in [7, 11) is 0. The molecule has 4 fully saturated rings. The first-order valence-corrected chi connectivity index (χ1v) is 6.85. The Bertz CT molecular complexity index is 344. The molecule has 0 spiro atoms. The molecule has 0 aromatic carbocycles. The number of hydrogen-bond donors (Lipinski definition) is 1. The lowest BCUT2D eigenvalue weighted by molar-refractivity contribution is -0.142. The van der Waals surface area contributed by atoms with E-state index in [2.05, 4.69) is 6.58 Å². The number of allylic oxidation sites excluding steroid dienone is 1. The maximum atomic E-state index is 11.7. The van der Waals surface area contributed by atoms with Gasteiger partial charge in [-0.05, 0) is 67.3 Å². The standard InChI is InChI=1S/C15H22O2/c1-2-13(17)8-14-4-11-3-12(5-14)7-15(6-11,9-14)10-16/h2,11-12,16H,1,3-10H2. The average molecular weight is 234 g/mol. The van der Waals surface area contributed by atoms with Crippen LogP contribution in [-0.4, -0.2) is 17.5 Å². The molecule has 4 aliphatic rings. The summed E-state index contributed by atoms with van der Waals surface area (Å²) in [6.07, 6.45) is 9.38. The van der Waals surface area contributed by atoms with E-state index in [0.717, 1.165) is 18.3 Å². The van der Waals surface area contributed by atoms with Gasteiger partial charge in [0.15, 0.2) is 5.78 Å². The average Bonchev–Trinajstić information content (AvgIpc) is 2.26. The molecule has 0 aliphatic heterocycles. The number of carbonyl (C=O) groups is 1. The van der Waals surface area contributed by atoms with Crippen LogP contribution in [0.3, 0.4) is 0 Å². The Labute approximate surface area is 103 Å². The van der Waals surface area contributed by atoms with Crippen LogP contribution < -0.4 is 0 Å². The van der Waals surface area contributed by atoms with E-state index in [-0.39, 0.29) is 16.6 Å². The molecule has 2 unspecified atom stereocenters. The van der Waals surface area contributed by atoms with E-state index in [1.165, 1.54) is 38.2 Å². The molecule has 4 rings (SSSR count). The second kappa shape index (κ2) is 3.68. The third-order valence-corrected chi connectivity index (χ3v) is 5.42. The minimum atomic E-state index is 0.158. The monoisotopic (exact) mass is 234 g/mol. The number of hydrogen-bond acceptors (Lipinski definition) is 2. The summed E-state index contributed by atoms with van der Waals surface area (Å²) in [6, 6.07) is 0. The zero-order valence-corrected chi connectivity index (χ0v) is 10.5. The van der Waals surface area contributed by atoms with E-state index < -0.39 is 0 Å². The van der Waals surface area contributed by atoms with Crippen LogP contribution in [0.2, 0.25) is 0 Å². The van der Waals surface area contributed by atoms with Gasteiger partial charge in [0.2, 0.25) is 0 Å². The van der Waals surface area contributed by atoms with E-state index >= 15 is 0 Å². The van der Waals surface area contributed by atoms with Crippen LogP contribution in [0.1, 0.15) is 44.9 Å². The van der Waals surface area contributed by atoms with E-state index in [1.54, 1.807) is 0 Å². The van der Waals surface area contributed by atoms with Gasteiger partial charge < -0.3 is 5.11 Å². The third-order valence-electron chi connectivity index (χ3n) is 5.42. The lowest BCUT2D eigenvalue weighted by atomic mass is 9.43. The van der Waals surface area contributed by atoms with Crippen molar-refractivity contribution in [3.8, 4) is 0 Å². The van der Waals surface area contributed by atoms with Crippen LogP contribution in [0.5, 0.6) is 0 Å². The van der Waals surface area contributed by atoms with Gasteiger partial charge in [-0.25, -0.2) is 0 Å². The van der Waals surface area contributed by atoms with Crippen molar-refractivity contribution in [1.29, 1.82) is 0 Å². The number of rotatable bonds is 4. The number of ketones is 1. The SMILES string of the molecule is C=CC(=O)CC12CC3CC(CC(CO)(C3)C1)C2. The molecule has 4 saturated carbocycles. The van der Waals surface area contributed by atoms with Gasteiger partial charge in [0.25, 0.3) is 0 Å². The summed E-state index contributed by atoms with van der Waals surface area (Å²) in [5.41, 5.74) is 0.365. The molecule has 0 aromatic rings. The molecule has 17 heavy (non-hydrogen) atoms. The van der Waals surface area contributed by atoms with Crippen LogP contribution in [0, 0.1) is 22.7 Å². The summed E-state index contributed by atoms with van der Waals surface area (Å²) in [6.45, 7) is 3.92. The molecule has 94 valence electrons. The van der Waals surface area contributed by atoms with Crippen molar-refractivity contribution < 1.29 is 9.90 Å². The minimum Gasteiger partial charge on any atom is -0.396 e. The summed E-state index contributed by atoms with van der Waals surface area (Å²) in [4.78, 5) is 11.7. The molecule has 0 heterocycles. The lowest BCUT2D eigenvalue weighted by Gasteiger charge is -2.61. The van der Waals surface area contributed by atoms with E-state index in [1.807, 2.05) is 0 Å². The Morgan fingerprint density at radius 1 is 1.24 bits per heavy atom. The normalized spacial score (nSPS) is 47.1. The predicted octanol–water partition coefficient (Wildman–Crippen LogP) is 2.71. The van der Waals surface area contributed by atoms with E-state index in [9.17, 15) is 9.90 Å². The largest absolute Gasteiger partial charge is 0.396 e. The number of aliphatic hydroxyl groups is 1. The zero-order chi connectivity index (χ0) is 12.1. The molecule has 2 heteroatoms. The zero-order valence-electron chi connectivity index (χ0n) is 10.5. The van der Waals surface area contributed by atoms with Crippen molar-refractivity contribution in [2.45, 2.75) is 44.9 Å². The van der Waals surface area contributed by atoms with Gasteiger partial charge in [-0.2, -0.15) is 0 Å². The molecule has 0 saturated heterocycles. The maximum Gasteiger partial charge on any atom is 0.155 e. The third kappa shape index (κ3) is 1.77. The highest BCUT2D eigenvalue weighted by atomic mass is 16.3. The van der Waals surface area contributed by atoms with Crippen molar-refractivity contribution in [3.05, 3.63) is 12.7 Å². The topological polar surface area (TPSA) is 37.3 Å². The fourth-order valence-electron chi connectivity index (χ4n) is 5.48. The summed E-state index contributed by atoms with van der Waals surface area (Å²) >= 11 is 0. The van der Waals surface area contributed by atoms with Crippen LogP contribution in [0.25, 0.3) is 0 Å². The molecule has 0 amide bonds. The number of aliphatic hydroxyl groups excluding tert-OH is 1. The first kappa shape index (κ1) is 11.5. The number of carbonyl (C=O) groups excluding carboxylic acids is 1. The molecule has 2 atom stereocenters. The Kier molecular flexibility index (Phi) is 2.48. The van der Waals surface area contributed by atoms with Crippen molar-refractivity contribution in [2.24, 2.45) is 22.7 Å². The quantitative estimate of drug-likeness (QED) is 0.759. The van der Waals surface area contributed by atoms with E-state index in [4.69, 9.17) is 0 Å². The van der Waals surface area contributed by atoms with Gasteiger partial charge in [0.1, 0.15) is 0 Å². The Morgan fingerprint density at radius 3 is 2.35 bits per heavy atom. The first-order chi connectivity index (χ1) is 8.09. The lowest BCUT2D eigenvalue weighted by Crippen LogP contribution is -2.53. The second-order valence-electron chi connectivity index (χ2n) is 6.97. The van der Waals surface area contributed by atoms with Crippen LogP contribution in [-0.2, 0) is 4.79 Å². The fourth-order valence-corrected chi connectivity index (χ4v) is 5.48. The molecular weight excluding hydrogens is 212 g/mol.